The lowest BCUT2D eigenvalue weighted by molar-refractivity contribution is -0.141. The van der Waals surface area contributed by atoms with Gasteiger partial charge < -0.3 is 9.88 Å². The molecule has 2 aromatic rings. The fourth-order valence-corrected chi connectivity index (χ4v) is 2.06. The molecule has 0 spiro atoms. The van der Waals surface area contributed by atoms with Crippen LogP contribution in [0.3, 0.4) is 0 Å². The maximum Gasteiger partial charge on any atom is 0.433 e. The van der Waals surface area contributed by atoms with Gasteiger partial charge in [0, 0.05) is 37.1 Å². The van der Waals surface area contributed by atoms with Crippen LogP contribution < -0.4 is 5.32 Å². The van der Waals surface area contributed by atoms with E-state index in [0.29, 0.717) is 17.3 Å². The Morgan fingerprint density at radius 1 is 1.29 bits per heavy atom. The van der Waals surface area contributed by atoms with Crippen LogP contribution >= 0.6 is 0 Å². The van der Waals surface area contributed by atoms with E-state index in [0.717, 1.165) is 25.4 Å². The highest BCUT2D eigenvalue weighted by Crippen LogP contribution is 2.29. The van der Waals surface area contributed by atoms with Crippen molar-refractivity contribution in [3.8, 4) is 11.3 Å². The molecule has 21 heavy (non-hydrogen) atoms. The molecule has 2 aromatic heterocycles. The van der Waals surface area contributed by atoms with Crippen LogP contribution in [0.5, 0.6) is 0 Å². The van der Waals surface area contributed by atoms with Crippen LogP contribution in [-0.4, -0.2) is 27.1 Å². The summed E-state index contributed by atoms with van der Waals surface area (Å²) in [6.45, 7) is 1.59. The number of nitrogens with one attached hydrogen (secondary N) is 1. The van der Waals surface area contributed by atoms with E-state index in [2.05, 4.69) is 15.3 Å². The highest BCUT2D eigenvalue weighted by molar-refractivity contribution is 5.58. The zero-order chi connectivity index (χ0) is 14.9. The third kappa shape index (κ3) is 3.60. The number of halogens is 3. The van der Waals surface area contributed by atoms with Crippen molar-refractivity contribution in [2.45, 2.75) is 31.6 Å². The van der Waals surface area contributed by atoms with E-state index in [1.54, 1.807) is 12.5 Å². The van der Waals surface area contributed by atoms with Crippen LogP contribution in [0.25, 0.3) is 11.3 Å². The number of aromatic nitrogens is 3. The Labute approximate surface area is 120 Å². The summed E-state index contributed by atoms with van der Waals surface area (Å²) in [5.74, 6) is 0. The lowest BCUT2D eigenvalue weighted by Gasteiger charge is -2.06. The molecule has 1 fully saturated rings. The molecular weight excluding hydrogens is 281 g/mol. The van der Waals surface area contributed by atoms with Gasteiger partial charge in [0.15, 0.2) is 0 Å². The Morgan fingerprint density at radius 2 is 2.10 bits per heavy atom. The molecular formula is C14H15F3N4. The van der Waals surface area contributed by atoms with Crippen molar-refractivity contribution in [2.24, 2.45) is 0 Å². The van der Waals surface area contributed by atoms with Crippen LogP contribution in [0.15, 0.2) is 30.9 Å². The van der Waals surface area contributed by atoms with Crippen LogP contribution in [0.2, 0.25) is 0 Å². The summed E-state index contributed by atoms with van der Waals surface area (Å²) in [4.78, 5) is 7.51. The molecule has 1 aliphatic carbocycles. The molecule has 0 saturated heterocycles. The van der Waals surface area contributed by atoms with Crippen molar-refractivity contribution in [3.05, 3.63) is 36.5 Å². The third-order valence-corrected chi connectivity index (χ3v) is 3.36. The summed E-state index contributed by atoms with van der Waals surface area (Å²) in [6, 6.07) is 3.20. The minimum absolute atomic E-state index is 0.422. The quantitative estimate of drug-likeness (QED) is 0.922. The summed E-state index contributed by atoms with van der Waals surface area (Å²) in [5, 5.41) is 3.38. The molecule has 3 rings (SSSR count). The number of imidazole rings is 1. The first-order valence-electron chi connectivity index (χ1n) is 6.81. The zero-order valence-corrected chi connectivity index (χ0v) is 11.3. The maximum absolute atomic E-state index is 12.6. The molecule has 112 valence electrons. The Morgan fingerprint density at radius 3 is 2.81 bits per heavy atom. The van der Waals surface area contributed by atoms with Crippen LogP contribution in [0, 0.1) is 0 Å². The van der Waals surface area contributed by atoms with Gasteiger partial charge in [0.2, 0.25) is 0 Å². The Kier molecular flexibility index (Phi) is 3.67. The summed E-state index contributed by atoms with van der Waals surface area (Å²) < 4.78 is 39.8. The molecule has 0 atom stereocenters. The van der Waals surface area contributed by atoms with Crippen LogP contribution in [-0.2, 0) is 12.7 Å². The monoisotopic (exact) mass is 296 g/mol. The van der Waals surface area contributed by atoms with E-state index in [9.17, 15) is 13.2 Å². The molecule has 1 aliphatic rings. The molecule has 0 bridgehead atoms. The van der Waals surface area contributed by atoms with E-state index >= 15 is 0 Å². The average Bonchev–Trinajstić information content (AvgIpc) is 3.14. The van der Waals surface area contributed by atoms with Crippen LogP contribution in [0.1, 0.15) is 18.5 Å². The van der Waals surface area contributed by atoms with Crippen molar-refractivity contribution in [2.75, 3.05) is 6.54 Å². The lowest BCUT2D eigenvalue weighted by atomic mass is 10.2. The first-order chi connectivity index (χ1) is 10.0. The second-order valence-corrected chi connectivity index (χ2v) is 5.15. The third-order valence-electron chi connectivity index (χ3n) is 3.36. The van der Waals surface area contributed by atoms with E-state index in [1.807, 2.05) is 4.57 Å². The van der Waals surface area contributed by atoms with Crippen molar-refractivity contribution in [1.82, 2.24) is 19.9 Å². The number of hydrogen-bond donors (Lipinski definition) is 1. The van der Waals surface area contributed by atoms with Gasteiger partial charge in [0.1, 0.15) is 5.69 Å². The van der Waals surface area contributed by atoms with Gasteiger partial charge in [-0.3, -0.25) is 4.98 Å². The Bertz CT molecular complexity index is 617. The molecule has 1 saturated carbocycles. The first-order valence-corrected chi connectivity index (χ1v) is 6.81. The lowest BCUT2D eigenvalue weighted by Crippen LogP contribution is -2.21. The van der Waals surface area contributed by atoms with Gasteiger partial charge in [-0.2, -0.15) is 13.2 Å². The van der Waals surface area contributed by atoms with Crippen molar-refractivity contribution >= 4 is 0 Å². The maximum atomic E-state index is 12.6. The van der Waals surface area contributed by atoms with Gasteiger partial charge in [0.05, 0.1) is 12.0 Å². The van der Waals surface area contributed by atoms with Gasteiger partial charge in [-0.1, -0.05) is 0 Å². The van der Waals surface area contributed by atoms with Gasteiger partial charge in [-0.15, -0.1) is 0 Å². The van der Waals surface area contributed by atoms with E-state index in [1.165, 1.54) is 18.9 Å². The second-order valence-electron chi connectivity index (χ2n) is 5.15. The minimum Gasteiger partial charge on any atom is -0.336 e. The van der Waals surface area contributed by atoms with Crippen molar-refractivity contribution in [3.63, 3.8) is 0 Å². The number of pyridine rings is 1. The summed E-state index contributed by atoms with van der Waals surface area (Å²) in [7, 11) is 0. The predicted molar refractivity (Wildman–Crippen MR) is 71.5 cm³/mol. The second kappa shape index (κ2) is 5.48. The largest absolute Gasteiger partial charge is 0.433 e. The Balaban J connectivity index is 1.70. The molecule has 0 aliphatic heterocycles. The fraction of sp³-hybridized carbons (Fsp3) is 0.429. The number of nitrogens with zero attached hydrogens (tertiary/aromatic N) is 3. The normalized spacial score (nSPS) is 15.4. The van der Waals surface area contributed by atoms with Crippen molar-refractivity contribution < 1.29 is 13.2 Å². The average molecular weight is 296 g/mol. The standard InChI is InChI=1S/C14H15F3N4/c15-14(16,17)13-7-10(3-4-19-13)12-8-21(9-20-12)6-5-18-11-1-2-11/h3-4,7-9,11,18H,1-2,5-6H2. The molecule has 0 unspecified atom stereocenters. The van der Waals surface area contributed by atoms with Crippen molar-refractivity contribution in [1.29, 1.82) is 0 Å². The SMILES string of the molecule is FC(F)(F)c1cc(-c2cn(CCNC3CC3)cn2)ccn1. The fourth-order valence-electron chi connectivity index (χ4n) is 2.06. The number of hydrogen-bond acceptors (Lipinski definition) is 3. The minimum atomic E-state index is -4.44. The zero-order valence-electron chi connectivity index (χ0n) is 11.3. The van der Waals surface area contributed by atoms with Gasteiger partial charge in [0.25, 0.3) is 0 Å². The Hall–Kier alpha value is -1.89. The molecule has 4 nitrogen and oxygen atoms in total. The number of alkyl halides is 3. The number of rotatable bonds is 5. The molecule has 2 heterocycles. The van der Waals surface area contributed by atoms with E-state index in [-0.39, 0.29) is 0 Å². The summed E-state index contributed by atoms with van der Waals surface area (Å²) in [6.07, 6.45) is 2.57. The topological polar surface area (TPSA) is 42.7 Å². The highest BCUT2D eigenvalue weighted by atomic mass is 19.4. The highest BCUT2D eigenvalue weighted by Gasteiger charge is 2.32. The van der Waals surface area contributed by atoms with Gasteiger partial charge in [-0.05, 0) is 25.0 Å². The molecule has 0 aromatic carbocycles. The van der Waals surface area contributed by atoms with E-state index < -0.39 is 11.9 Å². The smallest absolute Gasteiger partial charge is 0.336 e. The first kappa shape index (κ1) is 14.1. The molecule has 0 radical (unpaired) electrons. The predicted octanol–water partition coefficient (Wildman–Crippen LogP) is 2.72. The van der Waals surface area contributed by atoms with Gasteiger partial charge >= 0.3 is 6.18 Å². The van der Waals surface area contributed by atoms with Crippen LogP contribution in [0.4, 0.5) is 13.2 Å². The summed E-state index contributed by atoms with van der Waals surface area (Å²) in [5.41, 5.74) is 0.0468. The van der Waals surface area contributed by atoms with E-state index in [4.69, 9.17) is 0 Å². The molecule has 1 N–H and O–H groups in total. The summed E-state index contributed by atoms with van der Waals surface area (Å²) >= 11 is 0. The molecule has 7 heteroatoms. The van der Waals surface area contributed by atoms with Gasteiger partial charge in [-0.25, -0.2) is 4.98 Å². The molecule has 0 amide bonds.